The summed E-state index contributed by atoms with van der Waals surface area (Å²) in [6, 6.07) is 22.0. The fourth-order valence-electron chi connectivity index (χ4n) is 3.17. The van der Waals surface area contributed by atoms with Crippen molar-refractivity contribution in [2.75, 3.05) is 5.32 Å². The number of hydrogen-bond donors (Lipinski definition) is 1. The Morgan fingerprint density at radius 2 is 1.83 bits per heavy atom. The molecule has 0 unspecified atom stereocenters. The molecule has 144 valence electrons. The molecule has 0 aliphatic heterocycles. The van der Waals surface area contributed by atoms with Gasteiger partial charge in [0.2, 0.25) is 0 Å². The normalized spacial score (nSPS) is 10.7. The maximum Gasteiger partial charge on any atom is 0.256 e. The first-order valence-electron chi connectivity index (χ1n) is 9.33. The lowest BCUT2D eigenvalue weighted by Crippen LogP contribution is -2.13. The minimum atomic E-state index is -0.344. The standard InChI is InChI=1S/C24H20FN3O/c1-17-7-12-20(15-23(17)25)27-24(29)22-6-3-2-5-21(22)19-10-8-18(9-11-19)16-28-14-4-13-26-28/h2-15H,16H2,1H3,(H,27,29). The summed E-state index contributed by atoms with van der Waals surface area (Å²) < 4.78 is 15.7. The Kier molecular flexibility index (Phi) is 5.20. The highest BCUT2D eigenvalue weighted by Crippen LogP contribution is 2.25. The lowest BCUT2D eigenvalue weighted by molar-refractivity contribution is 0.102. The van der Waals surface area contributed by atoms with Crippen LogP contribution in [0.5, 0.6) is 0 Å². The van der Waals surface area contributed by atoms with Gasteiger partial charge >= 0.3 is 0 Å². The van der Waals surface area contributed by atoms with Crippen molar-refractivity contribution >= 4 is 11.6 Å². The molecule has 4 nitrogen and oxygen atoms in total. The second kappa shape index (κ2) is 8.10. The van der Waals surface area contributed by atoms with Crippen LogP contribution in [0.1, 0.15) is 21.5 Å². The molecule has 1 N–H and O–H groups in total. The first kappa shape index (κ1) is 18.6. The first-order chi connectivity index (χ1) is 14.1. The second-order valence-electron chi connectivity index (χ2n) is 6.86. The van der Waals surface area contributed by atoms with Crippen molar-refractivity contribution in [2.24, 2.45) is 0 Å². The van der Waals surface area contributed by atoms with Crippen LogP contribution in [-0.4, -0.2) is 15.7 Å². The molecule has 1 heterocycles. The highest BCUT2D eigenvalue weighted by molar-refractivity contribution is 6.08. The van der Waals surface area contributed by atoms with Crippen LogP contribution in [-0.2, 0) is 6.54 Å². The van der Waals surface area contributed by atoms with Gasteiger partial charge < -0.3 is 5.32 Å². The summed E-state index contributed by atoms with van der Waals surface area (Å²) in [5.41, 5.74) is 4.39. The van der Waals surface area contributed by atoms with E-state index in [-0.39, 0.29) is 11.7 Å². The quantitative estimate of drug-likeness (QED) is 0.507. The summed E-state index contributed by atoms with van der Waals surface area (Å²) >= 11 is 0. The molecule has 0 aliphatic rings. The molecule has 0 spiro atoms. The van der Waals surface area contributed by atoms with Crippen LogP contribution in [0.2, 0.25) is 0 Å². The number of anilines is 1. The fraction of sp³-hybridized carbons (Fsp3) is 0.0833. The van der Waals surface area contributed by atoms with Crippen molar-refractivity contribution < 1.29 is 9.18 Å². The van der Waals surface area contributed by atoms with Crippen molar-refractivity contribution in [1.82, 2.24) is 9.78 Å². The summed E-state index contributed by atoms with van der Waals surface area (Å²) in [6.45, 7) is 2.38. The molecule has 0 atom stereocenters. The van der Waals surface area contributed by atoms with Crippen LogP contribution < -0.4 is 5.32 Å². The highest BCUT2D eigenvalue weighted by atomic mass is 19.1. The zero-order valence-electron chi connectivity index (χ0n) is 16.0. The maximum atomic E-state index is 13.8. The molecule has 29 heavy (non-hydrogen) atoms. The highest BCUT2D eigenvalue weighted by Gasteiger charge is 2.13. The van der Waals surface area contributed by atoms with Gasteiger partial charge in [-0.3, -0.25) is 9.48 Å². The van der Waals surface area contributed by atoms with E-state index in [4.69, 9.17) is 0 Å². The number of halogens is 1. The van der Waals surface area contributed by atoms with E-state index in [1.807, 2.05) is 59.4 Å². The molecule has 0 aliphatic carbocycles. The molecule has 1 amide bonds. The number of carbonyl (C=O) groups is 1. The second-order valence-corrected chi connectivity index (χ2v) is 6.86. The van der Waals surface area contributed by atoms with Gasteiger partial charge in [0.25, 0.3) is 5.91 Å². The summed E-state index contributed by atoms with van der Waals surface area (Å²) in [4.78, 5) is 12.8. The molecular formula is C24H20FN3O. The van der Waals surface area contributed by atoms with E-state index in [0.29, 0.717) is 23.4 Å². The molecular weight excluding hydrogens is 365 g/mol. The molecule has 0 saturated carbocycles. The summed E-state index contributed by atoms with van der Waals surface area (Å²) in [5, 5.41) is 7.00. The Bertz CT molecular complexity index is 1140. The van der Waals surface area contributed by atoms with Gasteiger partial charge in [0.1, 0.15) is 5.82 Å². The van der Waals surface area contributed by atoms with Crippen LogP contribution in [0.4, 0.5) is 10.1 Å². The average molecular weight is 385 g/mol. The molecule has 0 bridgehead atoms. The van der Waals surface area contributed by atoms with Crippen molar-refractivity contribution in [3.8, 4) is 11.1 Å². The summed E-state index contributed by atoms with van der Waals surface area (Å²) in [5.74, 6) is -0.617. The number of benzene rings is 3. The SMILES string of the molecule is Cc1ccc(NC(=O)c2ccccc2-c2ccc(Cn3cccn3)cc2)cc1F. The van der Waals surface area contributed by atoms with Crippen LogP contribution in [0.15, 0.2) is 85.2 Å². The van der Waals surface area contributed by atoms with Gasteiger partial charge in [0.15, 0.2) is 0 Å². The summed E-state index contributed by atoms with van der Waals surface area (Å²) in [7, 11) is 0. The van der Waals surface area contributed by atoms with Crippen molar-refractivity contribution in [3.05, 3.63) is 108 Å². The predicted octanol–water partition coefficient (Wildman–Crippen LogP) is 5.30. The Morgan fingerprint density at radius 1 is 1.03 bits per heavy atom. The molecule has 4 rings (SSSR count). The van der Waals surface area contributed by atoms with Gasteiger partial charge in [-0.05, 0) is 53.4 Å². The van der Waals surface area contributed by atoms with Crippen LogP contribution in [0, 0.1) is 12.7 Å². The lowest BCUT2D eigenvalue weighted by Gasteiger charge is -2.12. The van der Waals surface area contributed by atoms with E-state index in [9.17, 15) is 9.18 Å². The number of aromatic nitrogens is 2. The third-order valence-corrected chi connectivity index (χ3v) is 4.77. The van der Waals surface area contributed by atoms with Gasteiger partial charge in [-0.1, -0.05) is 48.5 Å². The molecule has 5 heteroatoms. The van der Waals surface area contributed by atoms with Gasteiger partial charge in [0.05, 0.1) is 6.54 Å². The maximum absolute atomic E-state index is 13.8. The zero-order chi connectivity index (χ0) is 20.2. The Balaban J connectivity index is 1.57. The minimum absolute atomic E-state index is 0.274. The zero-order valence-corrected chi connectivity index (χ0v) is 16.0. The topological polar surface area (TPSA) is 46.9 Å². The third kappa shape index (κ3) is 4.24. The number of rotatable bonds is 5. The van der Waals surface area contributed by atoms with Gasteiger partial charge in [0, 0.05) is 23.6 Å². The predicted molar refractivity (Wildman–Crippen MR) is 112 cm³/mol. The van der Waals surface area contributed by atoms with Gasteiger partial charge in [-0.15, -0.1) is 0 Å². The van der Waals surface area contributed by atoms with Crippen molar-refractivity contribution in [1.29, 1.82) is 0 Å². The Labute approximate surface area is 168 Å². The largest absolute Gasteiger partial charge is 0.322 e. The van der Waals surface area contributed by atoms with Crippen LogP contribution >= 0.6 is 0 Å². The van der Waals surface area contributed by atoms with E-state index in [1.165, 1.54) is 6.07 Å². The molecule has 0 fully saturated rings. The Hall–Kier alpha value is -3.73. The number of nitrogens with zero attached hydrogens (tertiary/aromatic N) is 2. The molecule has 0 saturated heterocycles. The number of amides is 1. The van der Waals surface area contributed by atoms with Gasteiger partial charge in [-0.25, -0.2) is 4.39 Å². The number of hydrogen-bond acceptors (Lipinski definition) is 2. The molecule has 1 aromatic heterocycles. The lowest BCUT2D eigenvalue weighted by atomic mass is 9.98. The number of carbonyl (C=O) groups excluding carboxylic acids is 1. The first-order valence-corrected chi connectivity index (χ1v) is 9.33. The van der Waals surface area contributed by atoms with Crippen LogP contribution in [0.25, 0.3) is 11.1 Å². The van der Waals surface area contributed by atoms with E-state index < -0.39 is 0 Å². The minimum Gasteiger partial charge on any atom is -0.322 e. The summed E-state index contributed by atoms with van der Waals surface area (Å²) in [6.07, 6.45) is 3.67. The molecule has 4 aromatic rings. The van der Waals surface area contributed by atoms with E-state index in [0.717, 1.165) is 16.7 Å². The van der Waals surface area contributed by atoms with E-state index >= 15 is 0 Å². The molecule has 0 radical (unpaired) electrons. The molecule has 3 aromatic carbocycles. The number of nitrogens with one attached hydrogen (secondary N) is 1. The van der Waals surface area contributed by atoms with E-state index in [1.54, 1.807) is 31.3 Å². The third-order valence-electron chi connectivity index (χ3n) is 4.77. The van der Waals surface area contributed by atoms with Crippen LogP contribution in [0.3, 0.4) is 0 Å². The van der Waals surface area contributed by atoms with Crippen molar-refractivity contribution in [3.63, 3.8) is 0 Å². The van der Waals surface area contributed by atoms with Gasteiger partial charge in [-0.2, -0.15) is 5.10 Å². The smallest absolute Gasteiger partial charge is 0.256 e. The average Bonchev–Trinajstić information content (AvgIpc) is 3.24. The monoisotopic (exact) mass is 385 g/mol. The Morgan fingerprint density at radius 3 is 2.55 bits per heavy atom. The fourth-order valence-corrected chi connectivity index (χ4v) is 3.17. The van der Waals surface area contributed by atoms with Crippen molar-refractivity contribution in [2.45, 2.75) is 13.5 Å². The number of aryl methyl sites for hydroxylation is 1. The van der Waals surface area contributed by atoms with E-state index in [2.05, 4.69) is 10.4 Å².